The fourth-order valence-electron chi connectivity index (χ4n) is 5.23. The van der Waals surface area contributed by atoms with Gasteiger partial charge in [0.05, 0.1) is 42.9 Å². The average molecular weight is 584 g/mol. The normalized spacial score (nSPS) is 15.5. The Labute approximate surface area is 244 Å². The molecule has 11 heteroatoms. The van der Waals surface area contributed by atoms with Crippen LogP contribution in [0.15, 0.2) is 73.1 Å². The Morgan fingerprint density at radius 3 is 2.60 bits per heavy atom. The van der Waals surface area contributed by atoms with E-state index in [1.807, 2.05) is 80.1 Å². The molecule has 216 valence electrons. The lowest BCUT2D eigenvalue weighted by atomic mass is 9.96. The maximum atomic E-state index is 13.0. The Hall–Kier alpha value is -4.24. The summed E-state index contributed by atoms with van der Waals surface area (Å²) in [6.07, 6.45) is 3.70. The van der Waals surface area contributed by atoms with Crippen molar-refractivity contribution in [3.8, 4) is 16.9 Å². The number of fused-ring (bicyclic) bond motifs is 1. The van der Waals surface area contributed by atoms with E-state index in [0.717, 1.165) is 45.1 Å². The molecule has 1 fully saturated rings. The number of rotatable bonds is 8. The first-order valence-corrected chi connectivity index (χ1v) is 16.4. The number of methoxy groups -OCH3 is 1. The van der Waals surface area contributed by atoms with Gasteiger partial charge in [-0.25, -0.2) is 4.98 Å². The molecule has 0 bridgehead atoms. The molecule has 5 aromatic rings. The molecule has 1 aliphatic rings. The fraction of sp³-hybridized carbons (Fsp3) is 0.258. The molecule has 2 aromatic heterocycles. The molecule has 1 aliphatic heterocycles. The van der Waals surface area contributed by atoms with Crippen molar-refractivity contribution in [3.63, 3.8) is 0 Å². The van der Waals surface area contributed by atoms with Gasteiger partial charge in [0.2, 0.25) is 5.95 Å². The van der Waals surface area contributed by atoms with Crippen molar-refractivity contribution in [2.75, 3.05) is 50.8 Å². The van der Waals surface area contributed by atoms with E-state index in [1.54, 1.807) is 25.1 Å². The number of hydrogen-bond donors (Lipinski definition) is 3. The zero-order valence-corrected chi connectivity index (χ0v) is 25.0. The number of aryl methyl sites for hydroxylation is 1. The third kappa shape index (κ3) is 5.74. The molecular weight excluding hydrogens is 549 g/mol. The average Bonchev–Trinajstić information content (AvgIpc) is 3.43. The van der Waals surface area contributed by atoms with E-state index in [9.17, 15) is 4.57 Å². The van der Waals surface area contributed by atoms with Gasteiger partial charge in [0.15, 0.2) is 0 Å². The molecule has 3 heterocycles. The van der Waals surface area contributed by atoms with E-state index in [1.165, 1.54) is 0 Å². The molecule has 0 spiro atoms. The van der Waals surface area contributed by atoms with E-state index in [4.69, 9.17) is 19.4 Å². The Bertz CT molecular complexity index is 1790. The van der Waals surface area contributed by atoms with Gasteiger partial charge in [-0.2, -0.15) is 10.1 Å². The molecule has 1 atom stereocenters. The highest BCUT2D eigenvalue weighted by atomic mass is 31.2. The van der Waals surface area contributed by atoms with Gasteiger partial charge in [-0.1, -0.05) is 24.3 Å². The van der Waals surface area contributed by atoms with Gasteiger partial charge in [0.25, 0.3) is 0 Å². The van der Waals surface area contributed by atoms with Crippen molar-refractivity contribution in [2.24, 2.45) is 7.05 Å². The van der Waals surface area contributed by atoms with Crippen molar-refractivity contribution in [2.45, 2.75) is 6.10 Å². The maximum absolute atomic E-state index is 13.0. The highest BCUT2D eigenvalue weighted by Crippen LogP contribution is 2.41. The summed E-state index contributed by atoms with van der Waals surface area (Å²) in [6, 6.07) is 19.5. The van der Waals surface area contributed by atoms with Gasteiger partial charge in [-0.15, -0.1) is 0 Å². The Kier molecular flexibility index (Phi) is 7.68. The minimum Gasteiger partial charge on any atom is -0.495 e. The first-order valence-electron chi connectivity index (χ1n) is 13.8. The van der Waals surface area contributed by atoms with Crippen LogP contribution < -0.4 is 26.0 Å². The predicted molar refractivity (Wildman–Crippen MR) is 168 cm³/mol. The number of nitrogens with one attached hydrogen (secondary N) is 3. The van der Waals surface area contributed by atoms with Gasteiger partial charge in [0, 0.05) is 42.6 Å². The first kappa shape index (κ1) is 27.9. The number of hydrogen-bond acceptors (Lipinski definition) is 9. The molecule has 6 rings (SSSR count). The van der Waals surface area contributed by atoms with Crippen molar-refractivity contribution in [1.29, 1.82) is 0 Å². The minimum absolute atomic E-state index is 0.127. The van der Waals surface area contributed by atoms with Crippen LogP contribution in [0.2, 0.25) is 0 Å². The third-order valence-electron chi connectivity index (χ3n) is 7.25. The maximum Gasteiger partial charge on any atom is 0.229 e. The largest absolute Gasteiger partial charge is 0.495 e. The number of nitrogens with zero attached hydrogens (tertiary/aromatic N) is 4. The van der Waals surface area contributed by atoms with E-state index < -0.39 is 7.14 Å². The van der Waals surface area contributed by atoms with Crippen molar-refractivity contribution >= 4 is 46.5 Å². The summed E-state index contributed by atoms with van der Waals surface area (Å²) < 4.78 is 26.8. The highest BCUT2D eigenvalue weighted by molar-refractivity contribution is 7.70. The third-order valence-corrected chi connectivity index (χ3v) is 8.80. The zero-order valence-electron chi connectivity index (χ0n) is 24.1. The van der Waals surface area contributed by atoms with Crippen LogP contribution in [0.5, 0.6) is 5.75 Å². The van der Waals surface area contributed by atoms with Crippen LogP contribution in [0.3, 0.4) is 0 Å². The topological polar surface area (TPSA) is 115 Å². The molecule has 0 radical (unpaired) electrons. The molecule has 3 N–H and O–H groups in total. The summed E-state index contributed by atoms with van der Waals surface area (Å²) in [5.41, 5.74) is 5.18. The lowest BCUT2D eigenvalue weighted by Gasteiger charge is -2.27. The van der Waals surface area contributed by atoms with E-state index in [-0.39, 0.29) is 6.10 Å². The second-order valence-electron chi connectivity index (χ2n) is 10.6. The monoisotopic (exact) mass is 583 g/mol. The van der Waals surface area contributed by atoms with Crippen LogP contribution in [0, 0.1) is 0 Å². The van der Waals surface area contributed by atoms with Crippen LogP contribution in [0.4, 0.5) is 23.1 Å². The summed E-state index contributed by atoms with van der Waals surface area (Å²) in [5, 5.41) is 16.3. The van der Waals surface area contributed by atoms with E-state index >= 15 is 0 Å². The molecule has 3 aromatic carbocycles. The molecule has 0 aliphatic carbocycles. The number of benzene rings is 3. The lowest BCUT2D eigenvalue weighted by molar-refractivity contribution is 0.0279. The highest BCUT2D eigenvalue weighted by Gasteiger charge is 2.24. The number of morpholine rings is 1. The number of anilines is 4. The lowest BCUT2D eigenvalue weighted by Crippen LogP contribution is -2.33. The van der Waals surface area contributed by atoms with Crippen LogP contribution in [0.1, 0.15) is 11.7 Å². The summed E-state index contributed by atoms with van der Waals surface area (Å²) in [4.78, 5) is 9.69. The zero-order chi connectivity index (χ0) is 29.3. The van der Waals surface area contributed by atoms with E-state index in [2.05, 4.69) is 21.0 Å². The number of ether oxygens (including phenoxy) is 2. The van der Waals surface area contributed by atoms with Crippen LogP contribution in [-0.4, -0.2) is 59.9 Å². The molecule has 1 saturated heterocycles. The second-order valence-corrected chi connectivity index (χ2v) is 13.8. The Morgan fingerprint density at radius 1 is 1.05 bits per heavy atom. The van der Waals surface area contributed by atoms with Crippen molar-refractivity contribution in [3.05, 3.63) is 78.6 Å². The fourth-order valence-corrected chi connectivity index (χ4v) is 6.38. The van der Waals surface area contributed by atoms with Gasteiger partial charge >= 0.3 is 0 Å². The molecular formula is C31H34N7O3P. The van der Waals surface area contributed by atoms with E-state index in [0.29, 0.717) is 36.4 Å². The number of para-hydroxylation sites is 2. The predicted octanol–water partition coefficient (Wildman–Crippen LogP) is 5.44. The summed E-state index contributed by atoms with van der Waals surface area (Å²) in [5.74, 6) is 1.64. The molecule has 0 amide bonds. The minimum atomic E-state index is -2.54. The Balaban J connectivity index is 1.44. The molecule has 0 saturated carbocycles. The quantitative estimate of drug-likeness (QED) is 0.206. The molecule has 42 heavy (non-hydrogen) atoms. The van der Waals surface area contributed by atoms with Crippen molar-refractivity contribution < 1.29 is 14.0 Å². The van der Waals surface area contributed by atoms with Crippen LogP contribution in [0.25, 0.3) is 22.0 Å². The van der Waals surface area contributed by atoms with Gasteiger partial charge in [-0.05, 0) is 60.9 Å². The SMILES string of the molecule is COc1cc(C2CNCCO2)c(-c2cnn(C)c2)cc1Nc1nc(Nc2ccccc2P(C)(C)=O)c2ccccc2n1. The summed E-state index contributed by atoms with van der Waals surface area (Å²) in [7, 11) is 1.00. The Morgan fingerprint density at radius 2 is 1.86 bits per heavy atom. The van der Waals surface area contributed by atoms with Gasteiger partial charge in [0.1, 0.15) is 18.7 Å². The first-order chi connectivity index (χ1) is 20.3. The van der Waals surface area contributed by atoms with Crippen molar-refractivity contribution in [1.82, 2.24) is 25.1 Å². The smallest absolute Gasteiger partial charge is 0.229 e. The van der Waals surface area contributed by atoms with Crippen LogP contribution >= 0.6 is 7.14 Å². The number of aromatic nitrogens is 4. The molecule has 1 unspecified atom stereocenters. The van der Waals surface area contributed by atoms with Gasteiger partial charge < -0.3 is 30.0 Å². The second kappa shape index (κ2) is 11.6. The standard InChI is InChI=1S/C31H34N7O3P/c1-38-19-20(17-33-38)22-15-26(27(40-2)16-23(22)28-18-32-13-14-41-28)36-31-35-24-10-6-5-9-21(24)30(37-31)34-25-11-7-8-12-29(25)42(3,4)39/h5-12,15-17,19,28,32H,13-14,18H2,1-4H3,(H2,34,35,36,37). The molecule has 10 nitrogen and oxygen atoms in total. The summed E-state index contributed by atoms with van der Waals surface area (Å²) in [6.45, 7) is 5.69. The van der Waals surface area contributed by atoms with Crippen LogP contribution in [-0.2, 0) is 16.3 Å². The van der Waals surface area contributed by atoms with Gasteiger partial charge in [-0.3, -0.25) is 4.68 Å². The summed E-state index contributed by atoms with van der Waals surface area (Å²) >= 11 is 0.